The Morgan fingerprint density at radius 1 is 1.53 bits per heavy atom. The standard InChI is InChI=1S/C12H18N6O/c1-7-3-4-18(6-9(7)13)12-14-11(15-16-12)10-5-8(2)17-19-10/h5,7,9H,3-4,6,13H2,1-2H3,(H,14,15,16). The number of hydrogen-bond acceptors (Lipinski definition) is 6. The Morgan fingerprint density at radius 3 is 3.05 bits per heavy atom. The predicted molar refractivity (Wildman–Crippen MR) is 70.6 cm³/mol. The fourth-order valence-corrected chi connectivity index (χ4v) is 2.26. The molecule has 3 rings (SSSR count). The van der Waals surface area contributed by atoms with Crippen molar-refractivity contribution < 1.29 is 4.52 Å². The van der Waals surface area contributed by atoms with Crippen LogP contribution in [0.5, 0.6) is 0 Å². The van der Waals surface area contributed by atoms with Gasteiger partial charge in [-0.1, -0.05) is 12.1 Å². The van der Waals surface area contributed by atoms with Crippen molar-refractivity contribution >= 4 is 5.95 Å². The second-order valence-corrected chi connectivity index (χ2v) is 5.19. The Kier molecular flexibility index (Phi) is 2.98. The molecule has 0 bridgehead atoms. The van der Waals surface area contributed by atoms with Crippen molar-refractivity contribution in [3.8, 4) is 11.6 Å². The van der Waals surface area contributed by atoms with E-state index >= 15 is 0 Å². The molecular weight excluding hydrogens is 244 g/mol. The van der Waals surface area contributed by atoms with Crippen LogP contribution in [0.15, 0.2) is 10.6 Å². The highest BCUT2D eigenvalue weighted by Crippen LogP contribution is 2.22. The highest BCUT2D eigenvalue weighted by atomic mass is 16.5. The van der Waals surface area contributed by atoms with E-state index in [4.69, 9.17) is 10.3 Å². The summed E-state index contributed by atoms with van der Waals surface area (Å²) >= 11 is 0. The van der Waals surface area contributed by atoms with E-state index in [1.54, 1.807) is 0 Å². The number of nitrogens with two attached hydrogens (primary N) is 1. The van der Waals surface area contributed by atoms with Gasteiger partial charge < -0.3 is 15.2 Å². The zero-order valence-corrected chi connectivity index (χ0v) is 11.1. The Balaban J connectivity index is 1.78. The molecule has 2 atom stereocenters. The number of H-pyrrole nitrogens is 1. The number of hydrogen-bond donors (Lipinski definition) is 2. The summed E-state index contributed by atoms with van der Waals surface area (Å²) in [6, 6.07) is 2.00. The van der Waals surface area contributed by atoms with E-state index in [0.29, 0.717) is 23.5 Å². The fraction of sp³-hybridized carbons (Fsp3) is 0.583. The normalized spacial score (nSPS) is 23.8. The fourth-order valence-electron chi connectivity index (χ4n) is 2.26. The largest absolute Gasteiger partial charge is 0.353 e. The van der Waals surface area contributed by atoms with Gasteiger partial charge in [-0.3, -0.25) is 5.10 Å². The van der Waals surface area contributed by atoms with Crippen LogP contribution in [-0.4, -0.2) is 39.5 Å². The first-order chi connectivity index (χ1) is 9.13. The SMILES string of the molecule is Cc1cc(-c2nc(N3CCC(C)C(N)C3)n[nH]2)on1. The molecule has 0 aromatic carbocycles. The number of aromatic nitrogens is 4. The van der Waals surface area contributed by atoms with Gasteiger partial charge in [0, 0.05) is 25.2 Å². The van der Waals surface area contributed by atoms with Crippen molar-refractivity contribution in [3.05, 3.63) is 11.8 Å². The maximum Gasteiger partial charge on any atom is 0.245 e. The lowest BCUT2D eigenvalue weighted by molar-refractivity contribution is 0.376. The average Bonchev–Trinajstić information content (AvgIpc) is 3.01. The van der Waals surface area contributed by atoms with Gasteiger partial charge in [-0.15, -0.1) is 5.10 Å². The first kappa shape index (κ1) is 12.2. The van der Waals surface area contributed by atoms with Crippen LogP contribution in [0.25, 0.3) is 11.6 Å². The van der Waals surface area contributed by atoms with Crippen LogP contribution in [0.2, 0.25) is 0 Å². The van der Waals surface area contributed by atoms with Gasteiger partial charge in [-0.25, -0.2) is 0 Å². The van der Waals surface area contributed by atoms with Crippen molar-refractivity contribution in [2.75, 3.05) is 18.0 Å². The Bertz CT molecular complexity index is 562. The molecule has 3 N–H and O–H groups in total. The van der Waals surface area contributed by atoms with Gasteiger partial charge in [0.25, 0.3) is 0 Å². The number of nitrogens with one attached hydrogen (secondary N) is 1. The van der Waals surface area contributed by atoms with Crippen LogP contribution in [0.4, 0.5) is 5.95 Å². The lowest BCUT2D eigenvalue weighted by atomic mass is 9.95. The monoisotopic (exact) mass is 262 g/mol. The predicted octanol–water partition coefficient (Wildman–Crippen LogP) is 0.942. The Labute approximate surface area is 111 Å². The molecule has 19 heavy (non-hydrogen) atoms. The van der Waals surface area contributed by atoms with Gasteiger partial charge >= 0.3 is 0 Å². The van der Waals surface area contributed by atoms with Crippen molar-refractivity contribution in [2.45, 2.75) is 26.3 Å². The third-order valence-electron chi connectivity index (χ3n) is 3.63. The molecular formula is C12H18N6O. The van der Waals surface area contributed by atoms with Crippen molar-refractivity contribution in [1.29, 1.82) is 0 Å². The number of piperidine rings is 1. The summed E-state index contributed by atoms with van der Waals surface area (Å²) in [7, 11) is 0. The average molecular weight is 262 g/mol. The first-order valence-corrected chi connectivity index (χ1v) is 6.50. The summed E-state index contributed by atoms with van der Waals surface area (Å²) < 4.78 is 5.16. The van der Waals surface area contributed by atoms with Crippen molar-refractivity contribution in [2.24, 2.45) is 11.7 Å². The van der Waals surface area contributed by atoms with E-state index in [-0.39, 0.29) is 6.04 Å². The Hall–Kier alpha value is -1.89. The molecule has 0 spiro atoms. The van der Waals surface area contributed by atoms with Crippen LogP contribution in [0.1, 0.15) is 19.0 Å². The summed E-state index contributed by atoms with van der Waals surface area (Å²) in [5, 5.41) is 11.0. The quantitative estimate of drug-likeness (QED) is 0.836. The maximum absolute atomic E-state index is 6.09. The van der Waals surface area contributed by atoms with Crippen molar-refractivity contribution in [3.63, 3.8) is 0 Å². The summed E-state index contributed by atoms with van der Waals surface area (Å²) in [6.45, 7) is 5.77. The minimum absolute atomic E-state index is 0.170. The second-order valence-electron chi connectivity index (χ2n) is 5.19. The molecule has 0 saturated carbocycles. The summed E-state index contributed by atoms with van der Waals surface area (Å²) in [5.41, 5.74) is 6.91. The minimum Gasteiger partial charge on any atom is -0.353 e. The smallest absolute Gasteiger partial charge is 0.245 e. The highest BCUT2D eigenvalue weighted by Gasteiger charge is 2.25. The van der Waals surface area contributed by atoms with Crippen LogP contribution < -0.4 is 10.6 Å². The molecule has 2 aromatic heterocycles. The molecule has 0 radical (unpaired) electrons. The van der Waals surface area contributed by atoms with Gasteiger partial charge in [0.15, 0.2) is 5.82 Å². The van der Waals surface area contributed by atoms with E-state index in [2.05, 4.69) is 32.2 Å². The summed E-state index contributed by atoms with van der Waals surface area (Å²) in [4.78, 5) is 6.55. The number of aryl methyl sites for hydroxylation is 1. The van der Waals surface area contributed by atoms with Gasteiger partial charge in [0.05, 0.1) is 5.69 Å². The van der Waals surface area contributed by atoms with Gasteiger partial charge in [0.2, 0.25) is 11.7 Å². The van der Waals surface area contributed by atoms with E-state index < -0.39 is 0 Å². The molecule has 1 fully saturated rings. The minimum atomic E-state index is 0.170. The third-order valence-corrected chi connectivity index (χ3v) is 3.63. The third kappa shape index (κ3) is 2.33. The molecule has 2 unspecified atom stereocenters. The Morgan fingerprint density at radius 2 is 2.37 bits per heavy atom. The van der Waals surface area contributed by atoms with Gasteiger partial charge in [-0.2, -0.15) is 4.98 Å². The van der Waals surface area contributed by atoms with E-state index in [1.165, 1.54) is 0 Å². The van der Waals surface area contributed by atoms with Crippen molar-refractivity contribution in [1.82, 2.24) is 20.3 Å². The molecule has 102 valence electrons. The topological polar surface area (TPSA) is 96.9 Å². The highest BCUT2D eigenvalue weighted by molar-refractivity contribution is 5.49. The number of nitrogens with zero attached hydrogens (tertiary/aromatic N) is 4. The lowest BCUT2D eigenvalue weighted by Crippen LogP contribution is -2.48. The van der Waals surface area contributed by atoms with Gasteiger partial charge in [0.1, 0.15) is 0 Å². The van der Waals surface area contributed by atoms with E-state index in [1.807, 2.05) is 13.0 Å². The van der Waals surface area contributed by atoms with E-state index in [9.17, 15) is 0 Å². The summed E-state index contributed by atoms with van der Waals surface area (Å²) in [5.74, 6) is 2.42. The molecule has 2 aromatic rings. The molecule has 1 saturated heterocycles. The first-order valence-electron chi connectivity index (χ1n) is 6.50. The van der Waals surface area contributed by atoms with Crippen LogP contribution in [-0.2, 0) is 0 Å². The lowest BCUT2D eigenvalue weighted by Gasteiger charge is -2.34. The molecule has 7 heteroatoms. The van der Waals surface area contributed by atoms with Crippen LogP contribution >= 0.6 is 0 Å². The molecule has 0 amide bonds. The molecule has 3 heterocycles. The van der Waals surface area contributed by atoms with Crippen LogP contribution in [0.3, 0.4) is 0 Å². The number of aromatic amines is 1. The molecule has 1 aliphatic heterocycles. The second kappa shape index (κ2) is 4.65. The zero-order valence-electron chi connectivity index (χ0n) is 11.1. The molecule has 7 nitrogen and oxygen atoms in total. The van der Waals surface area contributed by atoms with Crippen LogP contribution in [0, 0.1) is 12.8 Å². The number of rotatable bonds is 2. The van der Waals surface area contributed by atoms with Gasteiger partial charge in [-0.05, 0) is 19.3 Å². The molecule has 1 aliphatic rings. The molecule has 0 aliphatic carbocycles. The zero-order chi connectivity index (χ0) is 13.4. The maximum atomic E-state index is 6.09. The summed E-state index contributed by atoms with van der Waals surface area (Å²) in [6.07, 6.45) is 1.06. The number of anilines is 1. The van der Waals surface area contributed by atoms with E-state index in [0.717, 1.165) is 25.2 Å².